The molecule has 36 heavy (non-hydrogen) atoms. The van der Waals surface area contributed by atoms with E-state index in [1.165, 1.54) is 56.6 Å². The van der Waals surface area contributed by atoms with E-state index in [1.54, 1.807) is 0 Å². The summed E-state index contributed by atoms with van der Waals surface area (Å²) in [5.41, 5.74) is 7.84. The van der Waals surface area contributed by atoms with E-state index in [2.05, 4.69) is 32.2 Å². The lowest BCUT2D eigenvalue weighted by atomic mass is 10.0. The van der Waals surface area contributed by atoms with Gasteiger partial charge in [0.15, 0.2) is 5.13 Å². The van der Waals surface area contributed by atoms with Crippen molar-refractivity contribution in [3.8, 4) is 0 Å². The van der Waals surface area contributed by atoms with Crippen molar-refractivity contribution >= 4 is 56.7 Å². The Labute approximate surface area is 218 Å². The van der Waals surface area contributed by atoms with E-state index >= 15 is 0 Å². The van der Waals surface area contributed by atoms with Crippen LogP contribution >= 0.6 is 22.9 Å². The van der Waals surface area contributed by atoms with E-state index < -0.39 is 10.7 Å². The Morgan fingerprint density at radius 2 is 1.81 bits per heavy atom. The first-order valence-electron chi connectivity index (χ1n) is 12.0. The number of nitrogens with two attached hydrogens (primary N) is 1. The van der Waals surface area contributed by atoms with Gasteiger partial charge in [-0.2, -0.15) is 0 Å². The molecular weight excluding hydrogens is 500 g/mol. The van der Waals surface area contributed by atoms with Gasteiger partial charge in [-0.1, -0.05) is 22.9 Å². The lowest BCUT2D eigenvalue weighted by molar-refractivity contribution is -0.384. The molecule has 188 valence electrons. The molecule has 3 heterocycles. The molecule has 0 saturated carbocycles. The van der Waals surface area contributed by atoms with E-state index in [1.807, 2.05) is 12.1 Å². The number of benzene rings is 2. The van der Waals surface area contributed by atoms with Gasteiger partial charge in [-0.3, -0.25) is 14.9 Å². The smallest absolute Gasteiger partial charge is 0.288 e. The summed E-state index contributed by atoms with van der Waals surface area (Å²) in [6.45, 7) is 4.62. The van der Waals surface area contributed by atoms with Crippen molar-refractivity contribution in [2.45, 2.75) is 31.7 Å². The van der Waals surface area contributed by atoms with E-state index in [0.29, 0.717) is 5.13 Å². The topological polar surface area (TPSA) is 118 Å². The van der Waals surface area contributed by atoms with Crippen LogP contribution in [0.4, 0.5) is 28.0 Å². The highest BCUT2D eigenvalue weighted by Crippen LogP contribution is 2.33. The summed E-state index contributed by atoms with van der Waals surface area (Å²) < 4.78 is 0. The number of aromatic nitrogens is 1. The number of ketones is 1. The Kier molecular flexibility index (Phi) is 7.08. The van der Waals surface area contributed by atoms with Crippen LogP contribution in [0.15, 0.2) is 42.5 Å². The quantitative estimate of drug-likeness (QED) is 0.241. The Morgan fingerprint density at radius 3 is 2.47 bits per heavy atom. The van der Waals surface area contributed by atoms with Crippen LogP contribution < -0.4 is 16.0 Å². The average Bonchev–Trinajstić information content (AvgIpc) is 3.54. The lowest BCUT2D eigenvalue weighted by Crippen LogP contribution is -2.43. The Hall–Kier alpha value is -3.21. The zero-order valence-electron chi connectivity index (χ0n) is 19.7. The van der Waals surface area contributed by atoms with Gasteiger partial charge in [-0.05, 0) is 75.2 Å². The Bertz CT molecular complexity index is 1270. The van der Waals surface area contributed by atoms with Crippen LogP contribution in [0.5, 0.6) is 0 Å². The van der Waals surface area contributed by atoms with Crippen LogP contribution in [0.25, 0.3) is 0 Å². The van der Waals surface area contributed by atoms with Crippen molar-refractivity contribution < 1.29 is 9.72 Å². The number of nitro benzene ring substituents is 1. The molecule has 5 rings (SSSR count). The average molecular weight is 527 g/mol. The van der Waals surface area contributed by atoms with Gasteiger partial charge < -0.3 is 20.9 Å². The maximum atomic E-state index is 12.9. The second kappa shape index (κ2) is 10.4. The molecule has 3 N–H and O–H groups in total. The fourth-order valence-corrected chi connectivity index (χ4v) is 6.00. The van der Waals surface area contributed by atoms with Crippen LogP contribution in [0.1, 0.15) is 40.9 Å². The molecule has 0 amide bonds. The summed E-state index contributed by atoms with van der Waals surface area (Å²) in [5.74, 6) is -0.368. The molecule has 2 aliphatic rings. The molecule has 3 aromatic rings. The number of likely N-dealkylation sites (tertiary alicyclic amines) is 1. The van der Waals surface area contributed by atoms with Crippen molar-refractivity contribution in [2.24, 2.45) is 0 Å². The van der Waals surface area contributed by atoms with Crippen molar-refractivity contribution in [1.82, 2.24) is 9.88 Å². The number of nitrogens with one attached hydrogen (secondary N) is 1. The number of rotatable bonds is 7. The highest BCUT2D eigenvalue weighted by atomic mass is 35.5. The summed E-state index contributed by atoms with van der Waals surface area (Å²) in [6.07, 6.45) is 5.06. The van der Waals surface area contributed by atoms with Crippen LogP contribution in [0.3, 0.4) is 0 Å². The molecule has 0 unspecified atom stereocenters. The third kappa shape index (κ3) is 5.16. The minimum Gasteiger partial charge on any atom is -0.382 e. The summed E-state index contributed by atoms with van der Waals surface area (Å²) in [5, 5.41) is 14.8. The molecule has 9 nitrogen and oxygen atoms in total. The van der Waals surface area contributed by atoms with Gasteiger partial charge in [0.25, 0.3) is 5.69 Å². The Balaban J connectivity index is 1.23. The molecule has 0 spiro atoms. The minimum atomic E-state index is -0.623. The van der Waals surface area contributed by atoms with Crippen LogP contribution in [-0.4, -0.2) is 52.8 Å². The fraction of sp³-hybridized carbons (Fsp3) is 0.360. The second-order valence-electron chi connectivity index (χ2n) is 9.12. The van der Waals surface area contributed by atoms with Gasteiger partial charge in [-0.25, -0.2) is 4.98 Å². The number of halogens is 1. The largest absolute Gasteiger partial charge is 0.382 e. The van der Waals surface area contributed by atoms with Gasteiger partial charge in [0.2, 0.25) is 5.78 Å². The number of carbonyl (C=O) groups is 1. The number of nitro groups is 1. The molecule has 0 bridgehead atoms. The van der Waals surface area contributed by atoms with Crippen molar-refractivity contribution in [3.05, 3.63) is 68.0 Å². The van der Waals surface area contributed by atoms with Crippen molar-refractivity contribution in [3.63, 3.8) is 0 Å². The highest BCUT2D eigenvalue weighted by Gasteiger charge is 2.26. The van der Waals surface area contributed by atoms with Gasteiger partial charge in [0.1, 0.15) is 15.7 Å². The molecule has 2 aliphatic heterocycles. The molecular formula is C25H27ClN6O3S. The predicted molar refractivity (Wildman–Crippen MR) is 144 cm³/mol. The Morgan fingerprint density at radius 1 is 1.11 bits per heavy atom. The number of thiazole rings is 1. The molecule has 2 aromatic carbocycles. The monoisotopic (exact) mass is 526 g/mol. The van der Waals surface area contributed by atoms with Gasteiger partial charge in [0.05, 0.1) is 4.92 Å². The maximum absolute atomic E-state index is 12.9. The summed E-state index contributed by atoms with van der Waals surface area (Å²) in [7, 11) is 0. The SMILES string of the molecule is Nc1nc(Nc2ccc(N3CCC(N4CCCC4)CC3)cc2)sc1C(=O)c1ccc(Cl)c([N+](=O)[O-])c1. The number of nitrogen functional groups attached to an aromatic ring is 1. The highest BCUT2D eigenvalue weighted by molar-refractivity contribution is 7.18. The van der Waals surface area contributed by atoms with Crippen LogP contribution in [0, 0.1) is 10.1 Å². The van der Waals surface area contributed by atoms with E-state index in [4.69, 9.17) is 17.3 Å². The van der Waals surface area contributed by atoms with E-state index in [9.17, 15) is 14.9 Å². The first-order valence-corrected chi connectivity index (χ1v) is 13.2. The van der Waals surface area contributed by atoms with Gasteiger partial charge >= 0.3 is 0 Å². The van der Waals surface area contributed by atoms with E-state index in [0.717, 1.165) is 42.2 Å². The number of anilines is 4. The molecule has 0 aliphatic carbocycles. The minimum absolute atomic E-state index is 0.0319. The number of hydrogen-bond acceptors (Lipinski definition) is 9. The predicted octanol–water partition coefficient (Wildman–Crippen LogP) is 5.33. The van der Waals surface area contributed by atoms with Gasteiger partial charge in [-0.15, -0.1) is 0 Å². The van der Waals surface area contributed by atoms with Crippen molar-refractivity contribution in [2.75, 3.05) is 42.1 Å². The number of carbonyl (C=O) groups excluding carboxylic acids is 1. The summed E-state index contributed by atoms with van der Waals surface area (Å²) in [4.78, 5) is 33.0. The third-order valence-corrected chi connectivity index (χ3v) is 8.17. The first kappa shape index (κ1) is 24.5. The zero-order valence-corrected chi connectivity index (χ0v) is 21.2. The second-order valence-corrected chi connectivity index (χ2v) is 10.5. The zero-order chi connectivity index (χ0) is 25.2. The molecule has 0 radical (unpaired) electrons. The summed E-state index contributed by atoms with van der Waals surface area (Å²) >= 11 is 6.96. The van der Waals surface area contributed by atoms with Gasteiger partial charge in [0, 0.05) is 42.1 Å². The molecule has 2 saturated heterocycles. The maximum Gasteiger partial charge on any atom is 0.288 e. The van der Waals surface area contributed by atoms with E-state index in [-0.39, 0.29) is 27.0 Å². The first-order chi connectivity index (χ1) is 17.4. The fourth-order valence-electron chi connectivity index (χ4n) is 4.95. The molecule has 11 heteroatoms. The number of piperidine rings is 1. The molecule has 0 atom stereocenters. The normalized spacial score (nSPS) is 16.9. The number of hydrogen-bond donors (Lipinski definition) is 2. The van der Waals surface area contributed by atoms with Crippen LogP contribution in [-0.2, 0) is 0 Å². The number of nitrogens with zero attached hydrogens (tertiary/aromatic N) is 4. The lowest BCUT2D eigenvalue weighted by Gasteiger charge is -2.37. The van der Waals surface area contributed by atoms with Crippen molar-refractivity contribution in [1.29, 1.82) is 0 Å². The molecule has 1 aromatic heterocycles. The van der Waals surface area contributed by atoms with Crippen LogP contribution in [0.2, 0.25) is 5.02 Å². The molecule has 2 fully saturated rings. The summed E-state index contributed by atoms with van der Waals surface area (Å²) in [6, 6.07) is 12.8. The third-order valence-electron chi connectivity index (χ3n) is 6.87. The standard InChI is InChI=1S/C25H27ClN6O3S/c26-20-8-3-16(15-21(20)32(34)35)22(33)23-24(27)29-25(36-23)28-17-4-6-18(7-5-17)31-13-9-19(10-14-31)30-11-1-2-12-30/h3-8,15,19H,1-2,9-14,27H2,(H,28,29).